The Hall–Kier alpha value is 0.0649. The highest BCUT2D eigenvalue weighted by molar-refractivity contribution is 6.64. The average molecular weight is 296 g/mol. The highest BCUT2D eigenvalue weighted by atomic mass is 14.5. The third-order valence-electron chi connectivity index (χ3n) is 9.86. The molecule has 9 atom stereocenters. The smallest absolute Gasteiger partial charge is 0.0585 e. The summed E-state index contributed by atoms with van der Waals surface area (Å²) in [5.41, 5.74) is 0. The summed E-state index contributed by atoms with van der Waals surface area (Å²) in [5, 5.41) is 0. The van der Waals surface area contributed by atoms with Gasteiger partial charge in [0, 0.05) is 0 Å². The van der Waals surface area contributed by atoms with Crippen molar-refractivity contribution in [1.82, 2.24) is 0 Å². The molecule has 6 saturated carbocycles. The van der Waals surface area contributed by atoms with Gasteiger partial charge in [-0.25, -0.2) is 0 Å². The molecule has 1 heteroatoms. The summed E-state index contributed by atoms with van der Waals surface area (Å²) < 4.78 is 0. The van der Waals surface area contributed by atoms with Crippen LogP contribution in [0.5, 0.6) is 0 Å². The van der Waals surface area contributed by atoms with Crippen molar-refractivity contribution in [2.45, 2.75) is 94.5 Å². The molecule has 6 fully saturated rings. The Kier molecular flexibility index (Phi) is 2.91. The van der Waals surface area contributed by atoms with Crippen LogP contribution in [0.2, 0.25) is 17.5 Å². The topological polar surface area (TPSA) is 0 Å². The van der Waals surface area contributed by atoms with Crippen molar-refractivity contribution >= 4 is 6.71 Å². The molecule has 2 unspecified atom stereocenters. The summed E-state index contributed by atoms with van der Waals surface area (Å²) in [6.07, 6.45) is 19.6. The van der Waals surface area contributed by atoms with E-state index in [4.69, 9.17) is 0 Å². The van der Waals surface area contributed by atoms with Crippen LogP contribution in [0.15, 0.2) is 0 Å². The van der Waals surface area contributed by atoms with Gasteiger partial charge in [-0.1, -0.05) is 75.2 Å². The Morgan fingerprint density at radius 3 is 1.00 bits per heavy atom. The minimum atomic E-state index is 1.16. The van der Waals surface area contributed by atoms with Crippen LogP contribution >= 0.6 is 0 Å². The molecule has 0 aromatic rings. The van der Waals surface area contributed by atoms with Crippen LogP contribution in [0.3, 0.4) is 0 Å². The fourth-order valence-electron chi connectivity index (χ4n) is 9.25. The number of rotatable bonds is 3. The molecule has 6 bridgehead atoms. The Bertz CT molecular complexity index is 392. The van der Waals surface area contributed by atoms with E-state index in [1.807, 2.05) is 0 Å². The van der Waals surface area contributed by atoms with E-state index < -0.39 is 0 Å². The number of fused-ring (bicyclic) bond motifs is 6. The molecule has 0 N–H and O–H groups in total. The third kappa shape index (κ3) is 1.83. The fraction of sp³-hybridized carbons (Fsp3) is 1.00. The Labute approximate surface area is 137 Å². The van der Waals surface area contributed by atoms with E-state index in [0.717, 1.165) is 17.8 Å². The Balaban J connectivity index is 1.32. The lowest BCUT2D eigenvalue weighted by atomic mass is 9.23. The van der Waals surface area contributed by atoms with Crippen LogP contribution in [0, 0.1) is 35.5 Å². The van der Waals surface area contributed by atoms with Crippen LogP contribution in [0.1, 0.15) is 77.0 Å². The van der Waals surface area contributed by atoms with Crippen LogP contribution in [-0.2, 0) is 0 Å². The first-order chi connectivity index (χ1) is 10.8. The maximum atomic E-state index is 1.66. The first-order valence-corrected chi connectivity index (χ1v) is 10.8. The van der Waals surface area contributed by atoms with Crippen molar-refractivity contribution in [2.75, 3.05) is 0 Å². The van der Waals surface area contributed by atoms with Gasteiger partial charge in [0.2, 0.25) is 0 Å². The lowest BCUT2D eigenvalue weighted by Crippen LogP contribution is -2.39. The second-order valence-corrected chi connectivity index (χ2v) is 10.6. The lowest BCUT2D eigenvalue weighted by Gasteiger charge is -2.42. The van der Waals surface area contributed by atoms with Crippen molar-refractivity contribution in [3.63, 3.8) is 0 Å². The van der Waals surface area contributed by atoms with Gasteiger partial charge in [-0.2, -0.15) is 0 Å². The van der Waals surface area contributed by atoms with E-state index in [1.54, 1.807) is 77.0 Å². The second-order valence-electron chi connectivity index (χ2n) is 10.6. The molecule has 0 aromatic carbocycles. The molecule has 0 nitrogen and oxygen atoms in total. The van der Waals surface area contributed by atoms with Crippen LogP contribution in [0.4, 0.5) is 0 Å². The van der Waals surface area contributed by atoms with Gasteiger partial charge < -0.3 is 0 Å². The lowest BCUT2D eigenvalue weighted by molar-refractivity contribution is 0.405. The zero-order valence-corrected chi connectivity index (χ0v) is 14.3. The molecular formula is C21H33B. The minimum absolute atomic E-state index is 1.16. The Morgan fingerprint density at radius 1 is 0.409 bits per heavy atom. The summed E-state index contributed by atoms with van der Waals surface area (Å²) in [5.74, 6) is 10.6. The molecule has 6 aliphatic rings. The van der Waals surface area contributed by atoms with Gasteiger partial charge in [0.25, 0.3) is 0 Å². The quantitative estimate of drug-likeness (QED) is 0.556. The monoisotopic (exact) mass is 296 g/mol. The average Bonchev–Trinajstić information content (AvgIpc) is 3.32. The third-order valence-corrected chi connectivity index (χ3v) is 9.86. The summed E-state index contributed by atoms with van der Waals surface area (Å²) >= 11 is 0. The van der Waals surface area contributed by atoms with Crippen molar-refractivity contribution in [3.05, 3.63) is 0 Å². The molecule has 0 radical (unpaired) electrons. The molecule has 0 aromatic heterocycles. The van der Waals surface area contributed by atoms with E-state index in [-0.39, 0.29) is 0 Å². The van der Waals surface area contributed by atoms with Crippen molar-refractivity contribution in [1.29, 1.82) is 0 Å². The highest BCUT2D eigenvalue weighted by Crippen LogP contribution is 2.66. The van der Waals surface area contributed by atoms with Crippen molar-refractivity contribution in [2.24, 2.45) is 35.5 Å². The van der Waals surface area contributed by atoms with Crippen molar-refractivity contribution < 1.29 is 0 Å². The summed E-state index contributed by atoms with van der Waals surface area (Å²) in [6, 6.07) is 0. The number of hydrogen-bond donors (Lipinski definition) is 0. The van der Waals surface area contributed by atoms with Gasteiger partial charge in [-0.15, -0.1) is 0 Å². The van der Waals surface area contributed by atoms with Gasteiger partial charge in [0.15, 0.2) is 0 Å². The zero-order valence-electron chi connectivity index (χ0n) is 14.3. The highest BCUT2D eigenvalue weighted by Gasteiger charge is 2.57. The molecule has 6 aliphatic carbocycles. The molecule has 0 spiro atoms. The molecule has 6 rings (SSSR count). The van der Waals surface area contributed by atoms with Gasteiger partial charge >= 0.3 is 0 Å². The van der Waals surface area contributed by atoms with Crippen LogP contribution < -0.4 is 0 Å². The molecule has 120 valence electrons. The van der Waals surface area contributed by atoms with Crippen LogP contribution in [-0.4, -0.2) is 6.71 Å². The van der Waals surface area contributed by atoms with Crippen LogP contribution in [0.25, 0.3) is 0 Å². The predicted molar refractivity (Wildman–Crippen MR) is 93.3 cm³/mol. The number of hydrogen-bond acceptors (Lipinski definition) is 0. The maximum absolute atomic E-state index is 1.66. The molecular weight excluding hydrogens is 263 g/mol. The van der Waals surface area contributed by atoms with E-state index in [9.17, 15) is 0 Å². The van der Waals surface area contributed by atoms with Gasteiger partial charge in [-0.3, -0.25) is 0 Å². The normalized spacial score (nSPS) is 58.1. The molecule has 0 aliphatic heterocycles. The predicted octanol–water partition coefficient (Wildman–Crippen LogP) is 6.05. The standard InChI is InChI=1S/C21H33B/c1-4-16-7-13(1)10-19(16)22(20-11-14-2-5-17(20)8-14)21-12-15-3-6-18(21)9-15/h13-21H,1-12H2/t13-,14-,15?,16+,17+,18-,19-,20?,21-/m1/s1. The largest absolute Gasteiger partial charge is 0.150 e. The molecule has 0 saturated heterocycles. The maximum Gasteiger partial charge on any atom is 0.150 e. The SMILES string of the molecule is C1C[C@@H]2CC1C[C@H]2B(C1C[C@@H]2CC[C@H]1C2)[C@@H]1C[C@@H]2CC[C@H]1C2. The van der Waals surface area contributed by atoms with Gasteiger partial charge in [0.1, 0.15) is 6.71 Å². The fourth-order valence-corrected chi connectivity index (χ4v) is 9.25. The van der Waals surface area contributed by atoms with Gasteiger partial charge in [-0.05, 0) is 54.8 Å². The summed E-state index contributed by atoms with van der Waals surface area (Å²) in [4.78, 5) is 0. The van der Waals surface area contributed by atoms with E-state index >= 15 is 0 Å². The first kappa shape index (κ1) is 13.4. The zero-order chi connectivity index (χ0) is 14.3. The molecule has 22 heavy (non-hydrogen) atoms. The van der Waals surface area contributed by atoms with Gasteiger partial charge in [0.05, 0.1) is 0 Å². The van der Waals surface area contributed by atoms with E-state index in [0.29, 0.717) is 0 Å². The van der Waals surface area contributed by atoms with Crippen molar-refractivity contribution in [3.8, 4) is 0 Å². The first-order valence-electron chi connectivity index (χ1n) is 10.8. The summed E-state index contributed by atoms with van der Waals surface area (Å²) in [7, 11) is 0. The molecule has 0 heterocycles. The van der Waals surface area contributed by atoms with E-state index in [1.165, 1.54) is 41.9 Å². The van der Waals surface area contributed by atoms with E-state index in [2.05, 4.69) is 0 Å². The second kappa shape index (κ2) is 4.79. The minimum Gasteiger partial charge on any atom is -0.0585 e. The molecule has 0 amide bonds. The summed E-state index contributed by atoms with van der Waals surface area (Å²) in [6.45, 7) is 1.20. The Morgan fingerprint density at radius 2 is 0.773 bits per heavy atom.